The lowest BCUT2D eigenvalue weighted by molar-refractivity contribution is -0.161. The minimum absolute atomic E-state index is 0.101. The van der Waals surface area contributed by atoms with Crippen LogP contribution < -0.4 is 0 Å². The Morgan fingerprint density at radius 2 is 0.462 bits per heavy atom. The Balaban J connectivity index is 5.23. The Hall–Kier alpha value is -1.94. The van der Waals surface area contributed by atoms with E-state index in [0.717, 1.165) is 108 Å². The van der Waals surface area contributed by atoms with E-state index in [2.05, 4.69) is 55.4 Å². The van der Waals surface area contributed by atoms with Gasteiger partial charge in [-0.05, 0) is 49.4 Å². The van der Waals surface area contributed by atoms with Crippen LogP contribution in [0.5, 0.6) is 0 Å². The van der Waals surface area contributed by atoms with Crippen molar-refractivity contribution in [3.05, 3.63) is 0 Å². The van der Waals surface area contributed by atoms with Crippen LogP contribution in [0.4, 0.5) is 0 Å². The van der Waals surface area contributed by atoms with E-state index < -0.39 is 97.5 Å². The molecule has 0 spiro atoms. The summed E-state index contributed by atoms with van der Waals surface area (Å²) < 4.78 is 68.3. The van der Waals surface area contributed by atoms with Gasteiger partial charge < -0.3 is 33.8 Å². The highest BCUT2D eigenvalue weighted by molar-refractivity contribution is 7.47. The fourth-order valence-electron chi connectivity index (χ4n) is 10.8. The second-order valence-corrected chi connectivity index (χ2v) is 30.8. The Kier molecular flexibility index (Phi) is 60.3. The Morgan fingerprint density at radius 3 is 0.681 bits per heavy atom. The zero-order valence-electron chi connectivity index (χ0n) is 59.5. The van der Waals surface area contributed by atoms with Crippen LogP contribution in [0, 0.1) is 23.7 Å². The van der Waals surface area contributed by atoms with Crippen molar-refractivity contribution in [2.75, 3.05) is 39.6 Å². The van der Waals surface area contributed by atoms with Crippen molar-refractivity contribution in [3.8, 4) is 0 Å². The molecule has 540 valence electrons. The van der Waals surface area contributed by atoms with Gasteiger partial charge in [-0.1, -0.05) is 306 Å². The summed E-state index contributed by atoms with van der Waals surface area (Å²) in [6.07, 6.45) is 44.6. The molecular weight excluding hydrogens is 1200 g/mol. The highest BCUT2D eigenvalue weighted by Crippen LogP contribution is 2.45. The number of rotatable bonds is 69. The van der Waals surface area contributed by atoms with Gasteiger partial charge in [0, 0.05) is 25.7 Å². The molecule has 0 rings (SSSR count). The van der Waals surface area contributed by atoms with Gasteiger partial charge in [-0.3, -0.25) is 37.3 Å². The third-order valence-corrected chi connectivity index (χ3v) is 18.5. The molecule has 0 aromatic rings. The third-order valence-electron chi connectivity index (χ3n) is 16.6. The van der Waals surface area contributed by atoms with Gasteiger partial charge in [0.1, 0.15) is 19.3 Å². The van der Waals surface area contributed by atoms with Gasteiger partial charge in [-0.25, -0.2) is 9.13 Å². The number of unbranched alkanes of at least 4 members (excludes halogenated alkanes) is 35. The van der Waals surface area contributed by atoms with Crippen molar-refractivity contribution >= 4 is 39.5 Å². The first kappa shape index (κ1) is 89.1. The van der Waals surface area contributed by atoms with Crippen molar-refractivity contribution in [3.63, 3.8) is 0 Å². The predicted molar refractivity (Wildman–Crippen MR) is 367 cm³/mol. The number of hydrogen-bond donors (Lipinski definition) is 3. The average Bonchev–Trinajstić information content (AvgIpc) is 2.09. The number of esters is 4. The zero-order chi connectivity index (χ0) is 67.5. The second-order valence-electron chi connectivity index (χ2n) is 27.9. The van der Waals surface area contributed by atoms with Crippen LogP contribution in [0.2, 0.25) is 0 Å². The van der Waals surface area contributed by atoms with E-state index in [4.69, 9.17) is 37.0 Å². The molecule has 0 saturated carbocycles. The van der Waals surface area contributed by atoms with E-state index in [0.29, 0.717) is 31.6 Å². The van der Waals surface area contributed by atoms with Gasteiger partial charge in [-0.15, -0.1) is 0 Å². The van der Waals surface area contributed by atoms with Crippen molar-refractivity contribution in [1.82, 2.24) is 0 Å². The minimum atomic E-state index is -4.95. The molecule has 0 radical (unpaired) electrons. The maximum absolute atomic E-state index is 13.0. The van der Waals surface area contributed by atoms with Crippen molar-refractivity contribution in [2.24, 2.45) is 23.7 Å². The van der Waals surface area contributed by atoms with Crippen LogP contribution in [-0.4, -0.2) is 96.7 Å². The number of phosphoric ester groups is 2. The highest BCUT2D eigenvalue weighted by Gasteiger charge is 2.30. The molecule has 0 aromatic carbocycles. The lowest BCUT2D eigenvalue weighted by Gasteiger charge is -2.21. The first-order chi connectivity index (χ1) is 43.6. The van der Waals surface area contributed by atoms with Crippen molar-refractivity contribution in [1.29, 1.82) is 0 Å². The fourth-order valence-corrected chi connectivity index (χ4v) is 12.4. The Morgan fingerprint density at radius 1 is 0.275 bits per heavy atom. The molecular formula is C72H140O17P2. The molecule has 91 heavy (non-hydrogen) atoms. The molecule has 0 amide bonds. The summed E-state index contributed by atoms with van der Waals surface area (Å²) in [7, 11) is -9.90. The maximum Gasteiger partial charge on any atom is 0.472 e. The van der Waals surface area contributed by atoms with E-state index >= 15 is 0 Å². The molecule has 0 aliphatic rings. The number of hydrogen-bond acceptors (Lipinski definition) is 15. The molecule has 19 heteroatoms. The predicted octanol–water partition coefficient (Wildman–Crippen LogP) is 20.5. The summed E-state index contributed by atoms with van der Waals surface area (Å²) >= 11 is 0. The van der Waals surface area contributed by atoms with E-state index in [1.165, 1.54) is 161 Å². The summed E-state index contributed by atoms with van der Waals surface area (Å²) in [6.45, 7) is 14.1. The van der Waals surface area contributed by atoms with Crippen LogP contribution >= 0.6 is 15.6 Å². The lowest BCUT2D eigenvalue weighted by atomic mass is 10.0. The van der Waals surface area contributed by atoms with Crippen molar-refractivity contribution < 1.29 is 80.2 Å². The van der Waals surface area contributed by atoms with Crippen LogP contribution in [0.3, 0.4) is 0 Å². The summed E-state index contributed by atoms with van der Waals surface area (Å²) in [4.78, 5) is 72.6. The van der Waals surface area contributed by atoms with Gasteiger partial charge in [0.15, 0.2) is 12.2 Å². The maximum atomic E-state index is 13.0. The van der Waals surface area contributed by atoms with Crippen molar-refractivity contribution in [2.45, 2.75) is 375 Å². The van der Waals surface area contributed by atoms with Crippen LogP contribution in [0.15, 0.2) is 0 Å². The Labute approximate surface area is 556 Å². The highest BCUT2D eigenvalue weighted by atomic mass is 31.2. The molecule has 5 atom stereocenters. The van der Waals surface area contributed by atoms with E-state index in [9.17, 15) is 43.2 Å². The third kappa shape index (κ3) is 66.5. The summed E-state index contributed by atoms with van der Waals surface area (Å²) in [5.74, 6) is 0.833. The smallest absolute Gasteiger partial charge is 0.462 e. The minimum Gasteiger partial charge on any atom is -0.462 e. The number of carbonyl (C=O) groups is 4. The topological polar surface area (TPSA) is 237 Å². The van der Waals surface area contributed by atoms with Crippen LogP contribution in [-0.2, 0) is 65.4 Å². The van der Waals surface area contributed by atoms with Gasteiger partial charge in [0.25, 0.3) is 0 Å². The van der Waals surface area contributed by atoms with Gasteiger partial charge in [0.2, 0.25) is 0 Å². The van der Waals surface area contributed by atoms with E-state index in [-0.39, 0.29) is 25.7 Å². The molecule has 0 aliphatic heterocycles. The first-order valence-electron chi connectivity index (χ1n) is 37.2. The molecule has 0 fully saturated rings. The standard InChI is InChI=1S/C72H140O17P2/c1-62(2)48-40-32-24-18-14-10-9-11-16-20-27-36-44-52-69(74)82-58-67(88-71(76)54-46-38-29-21-17-13-12-15-19-25-33-41-49-63(3)4)60-86-90(78,79)84-56-66(73)57-85-91(80,81)87-61-68(89-72(77)55-47-39-31-30-35-43-51-65(7)8)59-83-70(75)53-45-37-28-23-22-26-34-42-50-64(5)6/h62-68,73H,9-61H2,1-8H3,(H,78,79)(H,80,81)/t66?,67-,68-/m1/s1. The van der Waals surface area contributed by atoms with Crippen LogP contribution in [0.25, 0.3) is 0 Å². The summed E-state index contributed by atoms with van der Waals surface area (Å²) in [5, 5.41) is 10.6. The van der Waals surface area contributed by atoms with Gasteiger partial charge in [0.05, 0.1) is 26.4 Å². The van der Waals surface area contributed by atoms with E-state index in [1.807, 2.05) is 0 Å². The summed E-state index contributed by atoms with van der Waals surface area (Å²) in [5.41, 5.74) is 0. The van der Waals surface area contributed by atoms with Gasteiger partial charge >= 0.3 is 39.5 Å². The molecule has 3 unspecified atom stereocenters. The zero-order valence-corrected chi connectivity index (χ0v) is 61.3. The van der Waals surface area contributed by atoms with E-state index in [1.54, 1.807) is 0 Å². The average molecular weight is 1340 g/mol. The normalized spacial score (nSPS) is 14.2. The number of phosphoric acid groups is 2. The lowest BCUT2D eigenvalue weighted by Crippen LogP contribution is -2.30. The SMILES string of the molecule is CC(C)CCCCCCCCCCCCCCCC(=O)OC[C@H](COP(=O)(O)OCC(O)COP(=O)(O)OC[C@@H](COC(=O)CCCCCCCCCCC(C)C)OC(=O)CCCCCCCCC(C)C)OC(=O)CCCCCCCCCCCCCCC(C)C. The molecule has 17 nitrogen and oxygen atoms in total. The second kappa shape index (κ2) is 61.6. The molecule has 0 aromatic heterocycles. The summed E-state index contributed by atoms with van der Waals surface area (Å²) in [6, 6.07) is 0. The molecule has 0 aliphatic carbocycles. The quantitative estimate of drug-likeness (QED) is 0.0222. The number of aliphatic hydroxyl groups excluding tert-OH is 1. The number of aliphatic hydroxyl groups is 1. The van der Waals surface area contributed by atoms with Crippen LogP contribution in [0.1, 0.15) is 357 Å². The Bertz CT molecular complexity index is 1800. The number of ether oxygens (including phenoxy) is 4. The largest absolute Gasteiger partial charge is 0.472 e. The molecule has 0 bridgehead atoms. The first-order valence-corrected chi connectivity index (χ1v) is 40.2. The molecule has 0 heterocycles. The molecule has 3 N–H and O–H groups in total. The molecule has 0 saturated heterocycles. The number of carbonyl (C=O) groups excluding carboxylic acids is 4. The van der Waals surface area contributed by atoms with Gasteiger partial charge in [-0.2, -0.15) is 0 Å². The monoisotopic (exact) mass is 1340 g/mol. The fraction of sp³-hybridized carbons (Fsp3) is 0.944.